The Hall–Kier alpha value is -2.77. The van der Waals surface area contributed by atoms with E-state index in [9.17, 15) is 4.79 Å². The lowest BCUT2D eigenvalue weighted by Gasteiger charge is -2.34. The third kappa shape index (κ3) is 4.65. The fourth-order valence-corrected chi connectivity index (χ4v) is 2.75. The van der Waals surface area contributed by atoms with Crippen molar-refractivity contribution in [3.63, 3.8) is 0 Å². The molecule has 1 fully saturated rings. The maximum absolute atomic E-state index is 12.6. The standard InChI is InChI=1S/C18H25N7O/c1-14(2)4-7-19-17-22-12-15(13-23-17)16(26)24-8-10-25(11-9-24)18-20-5-3-6-21-18/h3,5-6,12-14H,4,7-11H2,1-2H3,(H,19,22,23). The van der Waals surface area contributed by atoms with Gasteiger partial charge >= 0.3 is 0 Å². The van der Waals surface area contributed by atoms with E-state index < -0.39 is 0 Å². The van der Waals surface area contributed by atoms with Crippen molar-refractivity contribution in [2.75, 3.05) is 42.9 Å². The topological polar surface area (TPSA) is 87.1 Å². The summed E-state index contributed by atoms with van der Waals surface area (Å²) in [6.45, 7) is 7.87. The largest absolute Gasteiger partial charge is 0.354 e. The molecule has 0 spiro atoms. The van der Waals surface area contributed by atoms with E-state index in [0.717, 1.165) is 13.0 Å². The van der Waals surface area contributed by atoms with E-state index in [1.165, 1.54) is 0 Å². The molecule has 0 aromatic carbocycles. The second-order valence-electron chi connectivity index (χ2n) is 6.73. The molecule has 0 unspecified atom stereocenters. The Morgan fingerprint density at radius 2 is 1.73 bits per heavy atom. The van der Waals surface area contributed by atoms with Crippen LogP contribution < -0.4 is 10.2 Å². The molecule has 2 aromatic heterocycles. The maximum Gasteiger partial charge on any atom is 0.257 e. The summed E-state index contributed by atoms with van der Waals surface area (Å²) in [7, 11) is 0. The lowest BCUT2D eigenvalue weighted by molar-refractivity contribution is 0.0745. The van der Waals surface area contributed by atoms with Gasteiger partial charge in [-0.3, -0.25) is 4.79 Å². The molecular weight excluding hydrogens is 330 g/mol. The summed E-state index contributed by atoms with van der Waals surface area (Å²) in [4.78, 5) is 33.6. The quantitative estimate of drug-likeness (QED) is 0.843. The first kappa shape index (κ1) is 18.0. The maximum atomic E-state index is 12.6. The Morgan fingerprint density at radius 3 is 2.35 bits per heavy atom. The van der Waals surface area contributed by atoms with Gasteiger partial charge in [0.05, 0.1) is 5.56 Å². The van der Waals surface area contributed by atoms with Crippen LogP contribution in [0.25, 0.3) is 0 Å². The molecule has 1 aliphatic heterocycles. The van der Waals surface area contributed by atoms with Crippen LogP contribution in [-0.2, 0) is 0 Å². The Morgan fingerprint density at radius 1 is 1.08 bits per heavy atom. The molecule has 1 amide bonds. The van der Waals surface area contributed by atoms with Crippen molar-refractivity contribution in [2.45, 2.75) is 20.3 Å². The van der Waals surface area contributed by atoms with Crippen molar-refractivity contribution in [3.8, 4) is 0 Å². The van der Waals surface area contributed by atoms with Crippen LogP contribution in [0.3, 0.4) is 0 Å². The van der Waals surface area contributed by atoms with Gasteiger partial charge in [0, 0.05) is 57.5 Å². The molecule has 3 heterocycles. The highest BCUT2D eigenvalue weighted by molar-refractivity contribution is 5.93. The number of nitrogens with zero attached hydrogens (tertiary/aromatic N) is 6. The van der Waals surface area contributed by atoms with Gasteiger partial charge in [-0.15, -0.1) is 0 Å². The zero-order chi connectivity index (χ0) is 18.4. The molecule has 0 radical (unpaired) electrons. The number of carbonyl (C=O) groups is 1. The Bertz CT molecular complexity index is 697. The van der Waals surface area contributed by atoms with Gasteiger partial charge in [-0.2, -0.15) is 0 Å². The lowest BCUT2D eigenvalue weighted by atomic mass is 10.1. The smallest absolute Gasteiger partial charge is 0.257 e. The first-order valence-corrected chi connectivity index (χ1v) is 9.00. The zero-order valence-corrected chi connectivity index (χ0v) is 15.3. The van der Waals surface area contributed by atoms with E-state index in [0.29, 0.717) is 49.6 Å². The highest BCUT2D eigenvalue weighted by Crippen LogP contribution is 2.12. The van der Waals surface area contributed by atoms with Crippen LogP contribution in [0.5, 0.6) is 0 Å². The molecule has 0 saturated carbocycles. The Labute approximate surface area is 153 Å². The summed E-state index contributed by atoms with van der Waals surface area (Å²) < 4.78 is 0. The minimum Gasteiger partial charge on any atom is -0.354 e. The van der Waals surface area contributed by atoms with E-state index in [-0.39, 0.29) is 5.91 Å². The fraction of sp³-hybridized carbons (Fsp3) is 0.500. The van der Waals surface area contributed by atoms with Gasteiger partial charge in [-0.25, -0.2) is 19.9 Å². The third-order valence-corrected chi connectivity index (χ3v) is 4.31. The summed E-state index contributed by atoms with van der Waals surface area (Å²) in [5, 5.41) is 3.18. The lowest BCUT2D eigenvalue weighted by Crippen LogP contribution is -2.49. The number of aromatic nitrogens is 4. The molecule has 0 atom stereocenters. The molecular formula is C18H25N7O. The molecule has 1 saturated heterocycles. The number of nitrogens with one attached hydrogen (secondary N) is 1. The van der Waals surface area contributed by atoms with Gasteiger partial charge in [-0.1, -0.05) is 13.8 Å². The van der Waals surface area contributed by atoms with E-state index in [4.69, 9.17) is 0 Å². The Balaban J connectivity index is 1.52. The van der Waals surface area contributed by atoms with E-state index in [1.807, 2.05) is 4.90 Å². The van der Waals surface area contributed by atoms with Crippen LogP contribution in [0.1, 0.15) is 30.6 Å². The molecule has 8 nitrogen and oxygen atoms in total. The predicted molar refractivity (Wildman–Crippen MR) is 100 cm³/mol. The van der Waals surface area contributed by atoms with Crippen LogP contribution >= 0.6 is 0 Å². The first-order valence-electron chi connectivity index (χ1n) is 9.00. The van der Waals surface area contributed by atoms with Crippen molar-refractivity contribution in [3.05, 3.63) is 36.4 Å². The number of carbonyl (C=O) groups excluding carboxylic acids is 1. The fourth-order valence-electron chi connectivity index (χ4n) is 2.75. The molecule has 8 heteroatoms. The summed E-state index contributed by atoms with van der Waals surface area (Å²) in [5.41, 5.74) is 0.517. The van der Waals surface area contributed by atoms with E-state index in [1.54, 1.807) is 30.9 Å². The van der Waals surface area contributed by atoms with Crippen LogP contribution in [0, 0.1) is 5.92 Å². The van der Waals surface area contributed by atoms with Gasteiger partial charge < -0.3 is 15.1 Å². The van der Waals surface area contributed by atoms with Gasteiger partial charge in [0.1, 0.15) is 0 Å². The molecule has 26 heavy (non-hydrogen) atoms. The van der Waals surface area contributed by atoms with Gasteiger partial charge in [0.15, 0.2) is 0 Å². The first-order chi connectivity index (χ1) is 12.6. The molecule has 2 aromatic rings. The number of piperazine rings is 1. The van der Waals surface area contributed by atoms with Crippen LogP contribution in [0.2, 0.25) is 0 Å². The minimum atomic E-state index is -0.0349. The second kappa shape index (κ2) is 8.55. The molecule has 1 aliphatic rings. The second-order valence-corrected chi connectivity index (χ2v) is 6.73. The number of hydrogen-bond donors (Lipinski definition) is 1. The van der Waals surface area contributed by atoms with Crippen molar-refractivity contribution >= 4 is 17.8 Å². The molecule has 0 bridgehead atoms. The monoisotopic (exact) mass is 355 g/mol. The highest BCUT2D eigenvalue weighted by atomic mass is 16.2. The summed E-state index contributed by atoms with van der Waals surface area (Å²) >= 11 is 0. The normalized spacial score (nSPS) is 14.6. The van der Waals surface area contributed by atoms with E-state index in [2.05, 4.69) is 44.0 Å². The van der Waals surface area contributed by atoms with Gasteiger partial charge in [-0.05, 0) is 18.4 Å². The van der Waals surface area contributed by atoms with Gasteiger partial charge in [0.25, 0.3) is 5.91 Å². The van der Waals surface area contributed by atoms with Crippen LogP contribution in [0.4, 0.5) is 11.9 Å². The molecule has 0 aliphatic carbocycles. The number of hydrogen-bond acceptors (Lipinski definition) is 7. The van der Waals surface area contributed by atoms with Crippen molar-refractivity contribution in [1.82, 2.24) is 24.8 Å². The third-order valence-electron chi connectivity index (χ3n) is 4.31. The van der Waals surface area contributed by atoms with Crippen molar-refractivity contribution < 1.29 is 4.79 Å². The Kier molecular flexibility index (Phi) is 5.93. The SMILES string of the molecule is CC(C)CCNc1ncc(C(=O)N2CCN(c3ncccn3)CC2)cn1. The summed E-state index contributed by atoms with van der Waals surface area (Å²) in [6, 6.07) is 1.80. The van der Waals surface area contributed by atoms with Crippen LogP contribution in [0.15, 0.2) is 30.9 Å². The number of rotatable bonds is 6. The predicted octanol–water partition coefficient (Wildman–Crippen LogP) is 1.69. The van der Waals surface area contributed by atoms with Crippen molar-refractivity contribution in [2.24, 2.45) is 5.92 Å². The molecule has 1 N–H and O–H groups in total. The van der Waals surface area contributed by atoms with Crippen LogP contribution in [-0.4, -0.2) is 63.5 Å². The number of amides is 1. The molecule has 138 valence electrons. The van der Waals surface area contributed by atoms with Crippen molar-refractivity contribution in [1.29, 1.82) is 0 Å². The zero-order valence-electron chi connectivity index (χ0n) is 15.3. The van der Waals surface area contributed by atoms with Gasteiger partial charge in [0.2, 0.25) is 11.9 Å². The molecule has 3 rings (SSSR count). The summed E-state index contributed by atoms with van der Waals surface area (Å²) in [5.74, 6) is 1.86. The average molecular weight is 355 g/mol. The minimum absolute atomic E-state index is 0.0349. The highest BCUT2D eigenvalue weighted by Gasteiger charge is 2.23. The van der Waals surface area contributed by atoms with E-state index >= 15 is 0 Å². The average Bonchev–Trinajstić information content (AvgIpc) is 2.68. The number of anilines is 2. The summed E-state index contributed by atoms with van der Waals surface area (Å²) in [6.07, 6.45) is 7.71.